The van der Waals surface area contributed by atoms with Crippen molar-refractivity contribution in [2.75, 3.05) is 53.1 Å². The van der Waals surface area contributed by atoms with Gasteiger partial charge in [-0.2, -0.15) is 21.6 Å². The molecular weight excluding hydrogens is 441 g/mol. The number of quaternary nitrogens is 1. The van der Waals surface area contributed by atoms with Crippen molar-refractivity contribution in [2.24, 2.45) is 0 Å². The van der Waals surface area contributed by atoms with Gasteiger partial charge in [-0.25, -0.2) is 4.98 Å². The summed E-state index contributed by atoms with van der Waals surface area (Å²) in [6.45, 7) is 5.10. The molecule has 8 nitrogen and oxygen atoms in total. The SMILES string of the molecule is C[N+]1(CCCCCc2ccc(OS(=O)(=O)C(F)(F)F)c(C3OCCO3)n2)CCOCC1. The summed E-state index contributed by atoms with van der Waals surface area (Å²) in [7, 11) is -3.59. The van der Waals surface area contributed by atoms with Crippen LogP contribution < -0.4 is 4.18 Å². The van der Waals surface area contributed by atoms with Gasteiger partial charge >= 0.3 is 15.6 Å². The van der Waals surface area contributed by atoms with Crippen LogP contribution in [0.5, 0.6) is 5.75 Å². The van der Waals surface area contributed by atoms with Gasteiger partial charge in [-0.05, 0) is 37.8 Å². The van der Waals surface area contributed by atoms with E-state index in [2.05, 4.69) is 16.2 Å². The Hall–Kier alpha value is -1.47. The number of hydrogen-bond donors (Lipinski definition) is 0. The number of unbranched alkanes of at least 4 members (excludes halogenated alkanes) is 2. The summed E-state index contributed by atoms with van der Waals surface area (Å²) in [5.41, 5.74) is -5.04. The lowest BCUT2D eigenvalue weighted by atomic mass is 10.1. The maximum Gasteiger partial charge on any atom is 0.534 e. The van der Waals surface area contributed by atoms with Crippen LogP contribution in [0, 0.1) is 0 Å². The first-order valence-electron chi connectivity index (χ1n) is 10.2. The Balaban J connectivity index is 1.60. The number of halogens is 3. The third-order valence-electron chi connectivity index (χ3n) is 5.45. The fraction of sp³-hybridized carbons (Fsp3) is 0.737. The van der Waals surface area contributed by atoms with Gasteiger partial charge in [0.1, 0.15) is 18.8 Å². The highest BCUT2D eigenvalue weighted by Gasteiger charge is 2.49. The Bertz CT molecular complexity index is 838. The zero-order chi connectivity index (χ0) is 22.5. The number of hydrogen-bond acceptors (Lipinski definition) is 7. The Labute approximate surface area is 180 Å². The first-order chi connectivity index (χ1) is 14.6. The van der Waals surface area contributed by atoms with Crippen molar-refractivity contribution >= 4 is 10.1 Å². The van der Waals surface area contributed by atoms with Crippen LogP contribution in [-0.2, 0) is 30.7 Å². The van der Waals surface area contributed by atoms with E-state index in [0.717, 1.165) is 56.6 Å². The van der Waals surface area contributed by atoms with Crippen LogP contribution >= 0.6 is 0 Å². The van der Waals surface area contributed by atoms with Crippen molar-refractivity contribution in [1.82, 2.24) is 4.98 Å². The smallest absolute Gasteiger partial charge is 0.374 e. The Kier molecular flexibility index (Phi) is 7.79. The van der Waals surface area contributed by atoms with Crippen LogP contribution in [0.1, 0.15) is 36.9 Å². The van der Waals surface area contributed by atoms with Crippen molar-refractivity contribution in [3.63, 3.8) is 0 Å². The Morgan fingerprint density at radius 3 is 2.42 bits per heavy atom. The number of rotatable bonds is 9. The quantitative estimate of drug-likeness (QED) is 0.238. The molecular formula is C19H28F3N2O6S+. The summed E-state index contributed by atoms with van der Waals surface area (Å²) < 4.78 is 82.2. The first kappa shape index (κ1) is 24.2. The molecule has 3 rings (SSSR count). The summed E-state index contributed by atoms with van der Waals surface area (Å²) in [6.07, 6.45) is 2.39. The van der Waals surface area contributed by atoms with Gasteiger partial charge in [-0.15, -0.1) is 0 Å². The van der Waals surface area contributed by atoms with E-state index in [1.165, 1.54) is 12.1 Å². The molecule has 2 aliphatic heterocycles. The summed E-state index contributed by atoms with van der Waals surface area (Å²) in [5.74, 6) is -0.544. The van der Waals surface area contributed by atoms with E-state index in [4.69, 9.17) is 14.2 Å². The normalized spacial score (nSPS) is 20.1. The van der Waals surface area contributed by atoms with E-state index in [1.54, 1.807) is 0 Å². The van der Waals surface area contributed by atoms with Gasteiger partial charge in [0.2, 0.25) is 6.29 Å². The van der Waals surface area contributed by atoms with E-state index in [-0.39, 0.29) is 18.9 Å². The predicted octanol–water partition coefficient (Wildman–Crippen LogP) is 2.55. The van der Waals surface area contributed by atoms with Crippen molar-refractivity contribution in [1.29, 1.82) is 0 Å². The fourth-order valence-corrected chi connectivity index (χ4v) is 4.02. The lowest BCUT2D eigenvalue weighted by molar-refractivity contribution is -0.917. The highest BCUT2D eigenvalue weighted by atomic mass is 32.2. The molecule has 0 aliphatic carbocycles. The van der Waals surface area contributed by atoms with Gasteiger partial charge in [0.15, 0.2) is 5.75 Å². The maximum atomic E-state index is 12.7. The standard InChI is InChI=1S/C19H28F3N2O6S/c1-24(9-11-27-12-10-24)8-4-2-3-5-15-6-7-16(30-31(25,26)19(20,21)22)17(23-15)18-28-13-14-29-18/h6-7,18H,2-5,8-14H2,1H3/q+1. The minimum atomic E-state index is -5.82. The summed E-state index contributed by atoms with van der Waals surface area (Å²) >= 11 is 0. The molecule has 1 aromatic rings. The average Bonchev–Trinajstić information content (AvgIpc) is 3.23. The van der Waals surface area contributed by atoms with E-state index in [0.29, 0.717) is 12.1 Å². The molecule has 2 aliphatic rings. The van der Waals surface area contributed by atoms with Gasteiger partial charge in [0.05, 0.1) is 40.0 Å². The van der Waals surface area contributed by atoms with Crippen molar-refractivity contribution in [3.8, 4) is 5.75 Å². The topological polar surface area (TPSA) is 84.0 Å². The third kappa shape index (κ3) is 6.51. The maximum absolute atomic E-state index is 12.7. The second-order valence-corrected chi connectivity index (χ2v) is 9.49. The van der Waals surface area contributed by atoms with Crippen LogP contribution in [0.15, 0.2) is 12.1 Å². The lowest BCUT2D eigenvalue weighted by Gasteiger charge is -2.37. The number of pyridine rings is 1. The molecule has 0 saturated carbocycles. The van der Waals surface area contributed by atoms with Crippen LogP contribution in [0.2, 0.25) is 0 Å². The van der Waals surface area contributed by atoms with Crippen LogP contribution in [0.4, 0.5) is 13.2 Å². The van der Waals surface area contributed by atoms with Gasteiger partial charge in [0, 0.05) is 5.69 Å². The fourth-order valence-electron chi connectivity index (χ4n) is 3.55. The van der Waals surface area contributed by atoms with E-state index in [9.17, 15) is 21.6 Å². The number of likely N-dealkylation sites (N-methyl/N-ethyl adjacent to an activating group) is 1. The van der Waals surface area contributed by atoms with E-state index in [1.807, 2.05) is 0 Å². The zero-order valence-corrected chi connectivity index (χ0v) is 18.2. The molecule has 2 fully saturated rings. The van der Waals surface area contributed by atoms with E-state index < -0.39 is 27.7 Å². The van der Waals surface area contributed by atoms with Crippen LogP contribution in [-0.4, -0.2) is 76.5 Å². The number of ether oxygens (including phenoxy) is 3. The van der Waals surface area contributed by atoms with E-state index >= 15 is 0 Å². The number of morpholine rings is 1. The molecule has 1 aromatic heterocycles. The largest absolute Gasteiger partial charge is 0.534 e. The second kappa shape index (κ2) is 9.99. The summed E-state index contributed by atoms with van der Waals surface area (Å²) in [5, 5.41) is 0. The molecule has 3 heterocycles. The molecule has 0 aromatic carbocycles. The number of aryl methyl sites for hydroxylation is 1. The average molecular weight is 470 g/mol. The Morgan fingerprint density at radius 1 is 1.10 bits per heavy atom. The molecule has 176 valence electrons. The highest BCUT2D eigenvalue weighted by molar-refractivity contribution is 7.88. The van der Waals surface area contributed by atoms with Crippen molar-refractivity contribution < 1.29 is 44.5 Å². The molecule has 2 saturated heterocycles. The van der Waals surface area contributed by atoms with Crippen LogP contribution in [0.25, 0.3) is 0 Å². The molecule has 0 radical (unpaired) electrons. The number of aromatic nitrogens is 1. The van der Waals surface area contributed by atoms with Crippen molar-refractivity contribution in [3.05, 3.63) is 23.5 Å². The second-order valence-electron chi connectivity index (χ2n) is 7.96. The lowest BCUT2D eigenvalue weighted by Crippen LogP contribution is -2.52. The van der Waals surface area contributed by atoms with Gasteiger partial charge in [-0.3, -0.25) is 0 Å². The van der Waals surface area contributed by atoms with Gasteiger partial charge in [0.25, 0.3) is 0 Å². The van der Waals surface area contributed by atoms with Gasteiger partial charge < -0.3 is 22.9 Å². The van der Waals surface area contributed by atoms with Crippen molar-refractivity contribution in [2.45, 2.75) is 37.5 Å². The molecule has 0 amide bonds. The number of nitrogens with zero attached hydrogens (tertiary/aromatic N) is 2. The molecule has 0 unspecified atom stereocenters. The third-order valence-corrected chi connectivity index (χ3v) is 6.42. The van der Waals surface area contributed by atoms with Gasteiger partial charge in [-0.1, -0.05) is 0 Å². The molecule has 0 spiro atoms. The summed E-state index contributed by atoms with van der Waals surface area (Å²) in [4.78, 5) is 4.29. The minimum absolute atomic E-state index is 0.103. The molecule has 31 heavy (non-hydrogen) atoms. The number of alkyl halides is 3. The molecule has 0 bridgehead atoms. The molecule has 12 heteroatoms. The Morgan fingerprint density at radius 2 is 1.77 bits per heavy atom. The predicted molar refractivity (Wildman–Crippen MR) is 104 cm³/mol. The first-order valence-corrected chi connectivity index (χ1v) is 11.7. The van der Waals surface area contributed by atoms with Crippen LogP contribution in [0.3, 0.4) is 0 Å². The highest BCUT2D eigenvalue weighted by Crippen LogP contribution is 2.34. The zero-order valence-electron chi connectivity index (χ0n) is 17.4. The summed E-state index contributed by atoms with van der Waals surface area (Å²) in [6, 6.07) is 2.64. The monoisotopic (exact) mass is 469 g/mol. The molecule has 0 N–H and O–H groups in total. The molecule has 0 atom stereocenters. The minimum Gasteiger partial charge on any atom is -0.374 e.